The fourth-order valence-corrected chi connectivity index (χ4v) is 1.20. The number of aliphatic hydroxyl groups is 1. The Morgan fingerprint density at radius 3 is 2.91 bits per heavy atom. The molecule has 0 aromatic rings. The van der Waals surface area contributed by atoms with E-state index < -0.39 is 5.97 Å². The van der Waals surface area contributed by atoms with Gasteiger partial charge in [0, 0.05) is 13.0 Å². The van der Waals surface area contributed by atoms with E-state index in [0.29, 0.717) is 19.4 Å². The Kier molecular flexibility index (Phi) is 2.84. The summed E-state index contributed by atoms with van der Waals surface area (Å²) in [7, 11) is 0. The molecule has 11 heavy (non-hydrogen) atoms. The van der Waals surface area contributed by atoms with Crippen LogP contribution in [0.5, 0.6) is 0 Å². The first-order valence-electron chi connectivity index (χ1n) is 3.70. The Labute approximate surface area is 64.8 Å². The molecule has 0 bridgehead atoms. The van der Waals surface area contributed by atoms with Crippen LogP contribution in [0.1, 0.15) is 19.3 Å². The zero-order valence-corrected chi connectivity index (χ0v) is 6.19. The molecule has 0 aromatic carbocycles. The standard InChI is InChI=1S/C7H12O4/c8-5-1-2-11-6(3-5)4-7(9)10/h5-6,8H,1-4H2,(H,9,10). The van der Waals surface area contributed by atoms with E-state index in [-0.39, 0.29) is 18.6 Å². The van der Waals surface area contributed by atoms with Gasteiger partial charge in [-0.05, 0) is 6.42 Å². The number of aliphatic hydroxyl groups excluding tert-OH is 1. The first-order chi connectivity index (χ1) is 5.18. The van der Waals surface area contributed by atoms with Crippen molar-refractivity contribution >= 4 is 5.97 Å². The minimum Gasteiger partial charge on any atom is -0.481 e. The maximum Gasteiger partial charge on any atom is 0.305 e. The molecule has 1 rings (SSSR count). The summed E-state index contributed by atoms with van der Waals surface area (Å²) in [6.07, 6.45) is 0.392. The van der Waals surface area contributed by atoms with Crippen LogP contribution in [0.3, 0.4) is 0 Å². The molecule has 1 saturated heterocycles. The average Bonchev–Trinajstić information content (AvgIpc) is 1.85. The predicted molar refractivity (Wildman–Crippen MR) is 37.2 cm³/mol. The first kappa shape index (κ1) is 8.49. The van der Waals surface area contributed by atoms with E-state index in [4.69, 9.17) is 14.9 Å². The summed E-state index contributed by atoms with van der Waals surface area (Å²) in [4.78, 5) is 10.2. The SMILES string of the molecule is O=C(O)CC1CC(O)CCO1. The summed E-state index contributed by atoms with van der Waals surface area (Å²) in [6.45, 7) is 0.471. The fraction of sp³-hybridized carbons (Fsp3) is 0.857. The summed E-state index contributed by atoms with van der Waals surface area (Å²) < 4.78 is 5.12. The van der Waals surface area contributed by atoms with E-state index in [1.807, 2.05) is 0 Å². The smallest absolute Gasteiger partial charge is 0.305 e. The minimum absolute atomic E-state index is 0.00292. The lowest BCUT2D eigenvalue weighted by Crippen LogP contribution is -2.30. The third-order valence-corrected chi connectivity index (χ3v) is 1.74. The van der Waals surface area contributed by atoms with Gasteiger partial charge in [0.15, 0.2) is 0 Å². The molecule has 4 nitrogen and oxygen atoms in total. The van der Waals surface area contributed by atoms with Crippen LogP contribution in [-0.4, -0.2) is 35.0 Å². The van der Waals surface area contributed by atoms with Crippen molar-refractivity contribution in [2.75, 3.05) is 6.61 Å². The molecule has 1 heterocycles. The number of hydrogen-bond donors (Lipinski definition) is 2. The van der Waals surface area contributed by atoms with Gasteiger partial charge < -0.3 is 14.9 Å². The summed E-state index contributed by atoms with van der Waals surface area (Å²) in [6, 6.07) is 0. The third kappa shape index (κ3) is 2.86. The molecule has 1 aliphatic heterocycles. The highest BCUT2D eigenvalue weighted by Gasteiger charge is 2.22. The second kappa shape index (κ2) is 3.69. The number of hydrogen-bond acceptors (Lipinski definition) is 3. The summed E-state index contributed by atoms with van der Waals surface area (Å²) >= 11 is 0. The van der Waals surface area contributed by atoms with Gasteiger partial charge in [0.05, 0.1) is 18.6 Å². The number of ether oxygens (including phenoxy) is 1. The molecular formula is C7H12O4. The number of carbonyl (C=O) groups is 1. The zero-order chi connectivity index (χ0) is 8.27. The van der Waals surface area contributed by atoms with Gasteiger partial charge in [-0.1, -0.05) is 0 Å². The molecule has 2 N–H and O–H groups in total. The monoisotopic (exact) mass is 160 g/mol. The molecule has 2 unspecified atom stereocenters. The van der Waals surface area contributed by atoms with Crippen LogP contribution in [0.4, 0.5) is 0 Å². The Morgan fingerprint density at radius 1 is 1.64 bits per heavy atom. The van der Waals surface area contributed by atoms with Gasteiger partial charge in [0.2, 0.25) is 0 Å². The van der Waals surface area contributed by atoms with E-state index >= 15 is 0 Å². The highest BCUT2D eigenvalue weighted by molar-refractivity contribution is 5.67. The predicted octanol–water partition coefficient (Wildman–Crippen LogP) is 0.00100. The van der Waals surface area contributed by atoms with E-state index in [1.54, 1.807) is 0 Å². The molecule has 0 aromatic heterocycles. The van der Waals surface area contributed by atoms with Crippen molar-refractivity contribution in [3.8, 4) is 0 Å². The van der Waals surface area contributed by atoms with Crippen LogP contribution in [0.15, 0.2) is 0 Å². The van der Waals surface area contributed by atoms with Gasteiger partial charge in [0.1, 0.15) is 0 Å². The molecule has 2 atom stereocenters. The fourth-order valence-electron chi connectivity index (χ4n) is 1.20. The maximum atomic E-state index is 10.2. The van der Waals surface area contributed by atoms with Crippen molar-refractivity contribution in [2.24, 2.45) is 0 Å². The van der Waals surface area contributed by atoms with Gasteiger partial charge >= 0.3 is 5.97 Å². The van der Waals surface area contributed by atoms with Crippen LogP contribution < -0.4 is 0 Å². The van der Waals surface area contributed by atoms with Crippen LogP contribution in [0, 0.1) is 0 Å². The Bertz CT molecular complexity index is 145. The third-order valence-electron chi connectivity index (χ3n) is 1.74. The van der Waals surface area contributed by atoms with Crippen molar-refractivity contribution in [1.82, 2.24) is 0 Å². The first-order valence-corrected chi connectivity index (χ1v) is 3.70. The maximum absolute atomic E-state index is 10.2. The van der Waals surface area contributed by atoms with Gasteiger partial charge in [-0.2, -0.15) is 0 Å². The number of rotatable bonds is 2. The molecule has 1 aliphatic rings. The highest BCUT2D eigenvalue weighted by atomic mass is 16.5. The van der Waals surface area contributed by atoms with Gasteiger partial charge in [-0.15, -0.1) is 0 Å². The van der Waals surface area contributed by atoms with Crippen molar-refractivity contribution in [1.29, 1.82) is 0 Å². The molecule has 0 spiro atoms. The lowest BCUT2D eigenvalue weighted by Gasteiger charge is -2.24. The van der Waals surface area contributed by atoms with E-state index in [0.717, 1.165) is 0 Å². The van der Waals surface area contributed by atoms with E-state index in [9.17, 15) is 4.79 Å². The van der Waals surface area contributed by atoms with Gasteiger partial charge in [-0.25, -0.2) is 0 Å². The molecule has 0 saturated carbocycles. The lowest BCUT2D eigenvalue weighted by atomic mass is 10.0. The van der Waals surface area contributed by atoms with Crippen LogP contribution in [0.2, 0.25) is 0 Å². The van der Waals surface area contributed by atoms with Crippen molar-refractivity contribution in [3.05, 3.63) is 0 Å². The largest absolute Gasteiger partial charge is 0.481 e. The van der Waals surface area contributed by atoms with E-state index in [2.05, 4.69) is 0 Å². The summed E-state index contributed by atoms with van der Waals surface area (Å²) in [5, 5.41) is 17.5. The van der Waals surface area contributed by atoms with Crippen LogP contribution >= 0.6 is 0 Å². The zero-order valence-electron chi connectivity index (χ0n) is 6.19. The summed E-state index contributed by atoms with van der Waals surface area (Å²) in [5.41, 5.74) is 0. The Balaban J connectivity index is 2.28. The molecule has 0 aliphatic carbocycles. The molecular weight excluding hydrogens is 148 g/mol. The Morgan fingerprint density at radius 2 is 2.36 bits per heavy atom. The molecule has 0 radical (unpaired) electrons. The van der Waals surface area contributed by atoms with Crippen LogP contribution in [-0.2, 0) is 9.53 Å². The van der Waals surface area contributed by atoms with Crippen molar-refractivity contribution in [2.45, 2.75) is 31.5 Å². The second-order valence-electron chi connectivity index (χ2n) is 2.77. The topological polar surface area (TPSA) is 66.8 Å². The Hall–Kier alpha value is -0.610. The molecule has 4 heteroatoms. The summed E-state index contributed by atoms with van der Waals surface area (Å²) in [5.74, 6) is -0.871. The molecule has 1 fully saturated rings. The average molecular weight is 160 g/mol. The number of aliphatic carboxylic acids is 1. The van der Waals surface area contributed by atoms with Crippen molar-refractivity contribution < 1.29 is 19.7 Å². The van der Waals surface area contributed by atoms with Gasteiger partial charge in [0.25, 0.3) is 0 Å². The normalized spacial score (nSPS) is 31.7. The molecule has 64 valence electrons. The lowest BCUT2D eigenvalue weighted by molar-refractivity contribution is -0.142. The van der Waals surface area contributed by atoms with Crippen molar-refractivity contribution in [3.63, 3.8) is 0 Å². The van der Waals surface area contributed by atoms with E-state index in [1.165, 1.54) is 0 Å². The molecule has 0 amide bonds. The van der Waals surface area contributed by atoms with Crippen LogP contribution in [0.25, 0.3) is 0 Å². The van der Waals surface area contributed by atoms with Gasteiger partial charge in [-0.3, -0.25) is 4.79 Å². The quantitative estimate of drug-likeness (QED) is 0.596. The number of carboxylic acid groups (broad SMARTS) is 1. The highest BCUT2D eigenvalue weighted by Crippen LogP contribution is 2.15. The second-order valence-corrected chi connectivity index (χ2v) is 2.77. The minimum atomic E-state index is -0.871. The number of carboxylic acids is 1.